The van der Waals surface area contributed by atoms with Gasteiger partial charge in [0.2, 0.25) is 5.91 Å². The van der Waals surface area contributed by atoms with E-state index in [1.54, 1.807) is 10.8 Å². The summed E-state index contributed by atoms with van der Waals surface area (Å²) >= 11 is 0. The average Bonchev–Trinajstić information content (AvgIpc) is 2.82. The summed E-state index contributed by atoms with van der Waals surface area (Å²) in [7, 11) is 1.82. The third-order valence-electron chi connectivity index (χ3n) is 3.59. The van der Waals surface area contributed by atoms with Gasteiger partial charge in [-0.25, -0.2) is 9.67 Å². The lowest BCUT2D eigenvalue weighted by atomic mass is 10.1. The lowest BCUT2D eigenvalue weighted by Crippen LogP contribution is -2.09. The molecule has 5 nitrogen and oxygen atoms in total. The van der Waals surface area contributed by atoms with Gasteiger partial charge in [0.15, 0.2) is 11.5 Å². The molecular weight excluding hydrogens is 288 g/mol. The molecule has 0 saturated carbocycles. The van der Waals surface area contributed by atoms with E-state index in [1.165, 1.54) is 6.08 Å². The van der Waals surface area contributed by atoms with E-state index in [-0.39, 0.29) is 5.91 Å². The van der Waals surface area contributed by atoms with E-state index in [2.05, 4.69) is 15.4 Å². The smallest absolute Gasteiger partial charge is 0.249 e. The Kier molecular flexibility index (Phi) is 3.93. The van der Waals surface area contributed by atoms with Crippen LogP contribution >= 0.6 is 0 Å². The number of aromatic nitrogens is 3. The van der Waals surface area contributed by atoms with Crippen LogP contribution in [0.4, 0.5) is 5.82 Å². The van der Waals surface area contributed by atoms with Crippen molar-refractivity contribution in [2.75, 3.05) is 5.32 Å². The summed E-state index contributed by atoms with van der Waals surface area (Å²) in [6.07, 6.45) is 3.28. The Morgan fingerprint density at radius 1 is 1.22 bits per heavy atom. The summed E-state index contributed by atoms with van der Waals surface area (Å²) in [6, 6.07) is 11.7. The topological polar surface area (TPSA) is 59.8 Å². The molecule has 3 rings (SSSR count). The first-order valence-corrected chi connectivity index (χ1v) is 7.39. The zero-order chi connectivity index (χ0) is 16.4. The molecule has 116 valence electrons. The number of pyridine rings is 1. The van der Waals surface area contributed by atoms with E-state index in [0.717, 1.165) is 27.9 Å². The highest BCUT2D eigenvalue weighted by Crippen LogP contribution is 2.25. The molecule has 3 aromatic rings. The number of rotatable bonds is 3. The number of amides is 1. The van der Waals surface area contributed by atoms with Crippen LogP contribution in [0.5, 0.6) is 0 Å². The van der Waals surface area contributed by atoms with Gasteiger partial charge in [0.25, 0.3) is 0 Å². The normalized spacial score (nSPS) is 11.3. The minimum Gasteiger partial charge on any atom is -0.305 e. The number of fused-ring (bicyclic) bond motifs is 1. The molecule has 0 unspecified atom stereocenters. The SMILES string of the molecule is Cc1cc(C)c2c(NC(=O)/C=C/c3ccccc3)nn(C)c2n1. The zero-order valence-electron chi connectivity index (χ0n) is 13.4. The molecule has 0 radical (unpaired) electrons. The van der Waals surface area contributed by atoms with Crippen LogP contribution in [0.1, 0.15) is 16.8 Å². The predicted octanol–water partition coefficient (Wildman–Crippen LogP) is 3.24. The van der Waals surface area contributed by atoms with E-state index >= 15 is 0 Å². The van der Waals surface area contributed by atoms with Gasteiger partial charge >= 0.3 is 0 Å². The second kappa shape index (κ2) is 6.04. The van der Waals surface area contributed by atoms with Crippen molar-refractivity contribution in [3.63, 3.8) is 0 Å². The van der Waals surface area contributed by atoms with Crippen molar-refractivity contribution >= 4 is 28.8 Å². The maximum Gasteiger partial charge on any atom is 0.249 e. The molecule has 1 N–H and O–H groups in total. The van der Waals surface area contributed by atoms with Crippen LogP contribution in [-0.4, -0.2) is 20.7 Å². The highest BCUT2D eigenvalue weighted by molar-refractivity contribution is 6.06. The summed E-state index contributed by atoms with van der Waals surface area (Å²) in [5.41, 5.74) is 3.72. The number of hydrogen-bond acceptors (Lipinski definition) is 3. The Hall–Kier alpha value is -2.95. The van der Waals surface area contributed by atoms with Crippen LogP contribution in [0.2, 0.25) is 0 Å². The summed E-state index contributed by atoms with van der Waals surface area (Å²) in [5.74, 6) is 0.323. The number of benzene rings is 1. The number of anilines is 1. The van der Waals surface area contributed by atoms with Crippen LogP contribution in [0.3, 0.4) is 0 Å². The molecule has 0 bridgehead atoms. The highest BCUT2D eigenvalue weighted by Gasteiger charge is 2.14. The van der Waals surface area contributed by atoms with Gasteiger partial charge in [-0.05, 0) is 37.1 Å². The minimum absolute atomic E-state index is 0.214. The van der Waals surface area contributed by atoms with Crippen LogP contribution in [-0.2, 0) is 11.8 Å². The van der Waals surface area contributed by atoms with Gasteiger partial charge in [0, 0.05) is 18.8 Å². The van der Waals surface area contributed by atoms with Crippen molar-refractivity contribution in [3.05, 3.63) is 59.3 Å². The third kappa shape index (κ3) is 3.13. The number of nitrogens with one attached hydrogen (secondary N) is 1. The van der Waals surface area contributed by atoms with Crippen LogP contribution < -0.4 is 5.32 Å². The van der Waals surface area contributed by atoms with E-state index in [1.807, 2.05) is 57.3 Å². The first kappa shape index (κ1) is 15.0. The predicted molar refractivity (Wildman–Crippen MR) is 92.1 cm³/mol. The largest absolute Gasteiger partial charge is 0.305 e. The average molecular weight is 306 g/mol. The molecule has 0 saturated heterocycles. The molecule has 23 heavy (non-hydrogen) atoms. The molecule has 2 heterocycles. The van der Waals surface area contributed by atoms with E-state index in [4.69, 9.17) is 0 Å². The van der Waals surface area contributed by atoms with Crippen molar-refractivity contribution in [3.8, 4) is 0 Å². The first-order valence-electron chi connectivity index (χ1n) is 7.39. The van der Waals surface area contributed by atoms with Crippen LogP contribution in [0, 0.1) is 13.8 Å². The lowest BCUT2D eigenvalue weighted by molar-refractivity contribution is -0.111. The summed E-state index contributed by atoms with van der Waals surface area (Å²) in [4.78, 5) is 16.6. The highest BCUT2D eigenvalue weighted by atomic mass is 16.1. The molecule has 0 spiro atoms. The number of hydrogen-bond donors (Lipinski definition) is 1. The van der Waals surface area contributed by atoms with Gasteiger partial charge in [0.05, 0.1) is 5.39 Å². The Morgan fingerprint density at radius 2 is 1.96 bits per heavy atom. The number of aryl methyl sites for hydroxylation is 3. The Labute approximate surface area is 134 Å². The second-order valence-electron chi connectivity index (χ2n) is 5.48. The van der Waals surface area contributed by atoms with Gasteiger partial charge in [0.1, 0.15) is 0 Å². The van der Waals surface area contributed by atoms with E-state index in [0.29, 0.717) is 5.82 Å². The van der Waals surface area contributed by atoms with Gasteiger partial charge in [-0.3, -0.25) is 4.79 Å². The molecule has 0 atom stereocenters. The third-order valence-corrected chi connectivity index (χ3v) is 3.59. The van der Waals surface area contributed by atoms with Crippen molar-refractivity contribution in [1.29, 1.82) is 0 Å². The standard InChI is InChI=1S/C18H18N4O/c1-12-11-13(2)19-18-16(12)17(21-22(18)3)20-15(23)10-9-14-7-5-4-6-8-14/h4-11H,1-3H3,(H,20,21,23)/b10-9+. The van der Waals surface area contributed by atoms with Crippen molar-refractivity contribution in [2.45, 2.75) is 13.8 Å². The van der Waals surface area contributed by atoms with Crippen molar-refractivity contribution in [1.82, 2.24) is 14.8 Å². The van der Waals surface area contributed by atoms with Crippen molar-refractivity contribution in [2.24, 2.45) is 7.05 Å². The van der Waals surface area contributed by atoms with Crippen LogP contribution in [0.25, 0.3) is 17.1 Å². The number of carbonyl (C=O) groups is 1. The molecule has 2 aromatic heterocycles. The van der Waals surface area contributed by atoms with Crippen molar-refractivity contribution < 1.29 is 4.79 Å². The maximum atomic E-state index is 12.1. The fraction of sp³-hybridized carbons (Fsp3) is 0.167. The molecule has 0 aliphatic rings. The molecule has 0 aliphatic carbocycles. The lowest BCUT2D eigenvalue weighted by Gasteiger charge is -2.02. The fourth-order valence-corrected chi connectivity index (χ4v) is 2.57. The maximum absolute atomic E-state index is 12.1. The second-order valence-corrected chi connectivity index (χ2v) is 5.48. The Bertz CT molecular complexity index is 894. The van der Waals surface area contributed by atoms with Gasteiger partial charge in [-0.2, -0.15) is 5.10 Å². The molecular formula is C18H18N4O. The minimum atomic E-state index is -0.214. The Balaban J connectivity index is 1.87. The summed E-state index contributed by atoms with van der Waals surface area (Å²) in [6.45, 7) is 3.94. The fourth-order valence-electron chi connectivity index (χ4n) is 2.57. The molecule has 0 fully saturated rings. The van der Waals surface area contributed by atoms with E-state index < -0.39 is 0 Å². The van der Waals surface area contributed by atoms with E-state index in [9.17, 15) is 4.79 Å². The van der Waals surface area contributed by atoms with Gasteiger partial charge < -0.3 is 5.32 Å². The van der Waals surface area contributed by atoms with Gasteiger partial charge in [-0.1, -0.05) is 30.3 Å². The van der Waals surface area contributed by atoms with Gasteiger partial charge in [-0.15, -0.1) is 0 Å². The number of nitrogens with zero attached hydrogens (tertiary/aromatic N) is 3. The summed E-state index contributed by atoms with van der Waals surface area (Å²) in [5, 5.41) is 8.09. The molecule has 1 aromatic carbocycles. The monoisotopic (exact) mass is 306 g/mol. The number of carbonyl (C=O) groups excluding carboxylic acids is 1. The molecule has 5 heteroatoms. The molecule has 1 amide bonds. The Morgan fingerprint density at radius 3 is 2.70 bits per heavy atom. The molecule has 0 aliphatic heterocycles. The van der Waals surface area contributed by atoms with Crippen LogP contribution in [0.15, 0.2) is 42.5 Å². The quantitative estimate of drug-likeness (QED) is 0.756. The summed E-state index contributed by atoms with van der Waals surface area (Å²) < 4.78 is 1.69. The first-order chi connectivity index (χ1) is 11.0. The zero-order valence-corrected chi connectivity index (χ0v) is 13.4.